The molecule has 1 amide bonds. The molecule has 4 aromatic rings. The number of nitrogens with one attached hydrogen (secondary N) is 3. The highest BCUT2D eigenvalue weighted by molar-refractivity contribution is 7.80. The number of carboxylic acids is 1. The van der Waals surface area contributed by atoms with Crippen LogP contribution < -0.4 is 32.6 Å². The number of aromatic nitrogens is 4. The van der Waals surface area contributed by atoms with E-state index in [1.165, 1.54) is 47.6 Å². The van der Waals surface area contributed by atoms with Crippen molar-refractivity contribution in [3.05, 3.63) is 83.0 Å². The van der Waals surface area contributed by atoms with Crippen molar-refractivity contribution in [1.29, 1.82) is 0 Å². The third kappa shape index (κ3) is 9.67. The number of unbranched alkanes of at least 4 members (excludes halogenated alkanes) is 3. The lowest BCUT2D eigenvalue weighted by atomic mass is 9.90. The normalized spacial score (nSPS) is 18.5. The van der Waals surface area contributed by atoms with E-state index in [1.807, 2.05) is 0 Å². The standard InChI is InChI=1S/C39H42N9O12PS/c40-16-30(51)47-61(56,58-17-29-33(52)34(53)37(60-29)48-19-45-32-35(41)43-18-44-36(32)48)57-12-4-2-1-3-11-42-39(62)46-20-5-8-23(26(13-20)38(54)55)31-24-9-6-21(49)14-27(24)59-28-15-22(50)7-10-25(28)31/h5-10,13-15,18-19,29,33-34,37,49,52-53H,1-4,11-12,16-17,40H2,(H,54,55)(H2,41,43,44)(H2,42,46,62)(H,47,51,56)/t29-,33-,34-,37-,61?/m1/s1. The number of carbonyl (C=O) groups is 2. The first-order chi connectivity index (χ1) is 29.7. The topological polar surface area (TPSA) is 322 Å². The van der Waals surface area contributed by atoms with E-state index in [0.29, 0.717) is 60.0 Å². The number of aromatic carboxylic acids is 1. The summed E-state index contributed by atoms with van der Waals surface area (Å²) < 4.78 is 37.6. The number of benzene rings is 3. The van der Waals surface area contributed by atoms with Crippen LogP contribution in [0.15, 0.2) is 76.5 Å². The molecule has 2 aromatic heterocycles. The average Bonchev–Trinajstić information content (AvgIpc) is 3.80. The van der Waals surface area contributed by atoms with Crippen molar-refractivity contribution in [2.24, 2.45) is 5.73 Å². The van der Waals surface area contributed by atoms with Gasteiger partial charge in [0.2, 0.25) is 5.91 Å². The summed E-state index contributed by atoms with van der Waals surface area (Å²) in [5.41, 5.74) is 13.5. The number of nitrogens with zero attached hydrogens (tertiary/aromatic N) is 4. The molecule has 0 bridgehead atoms. The van der Waals surface area contributed by atoms with Crippen molar-refractivity contribution >= 4 is 70.6 Å². The van der Waals surface area contributed by atoms with Crippen LogP contribution in [0.3, 0.4) is 0 Å². The number of anilines is 2. The van der Waals surface area contributed by atoms with E-state index >= 15 is 0 Å². The van der Waals surface area contributed by atoms with Crippen LogP contribution in [-0.4, -0.2) is 102 Å². The van der Waals surface area contributed by atoms with Gasteiger partial charge in [-0.2, -0.15) is 0 Å². The largest absolute Gasteiger partial charge is 0.508 e. The molecular weight excluding hydrogens is 850 g/mol. The highest BCUT2D eigenvalue weighted by Crippen LogP contribution is 2.46. The van der Waals surface area contributed by atoms with Gasteiger partial charge in [0.25, 0.3) is 0 Å². The summed E-state index contributed by atoms with van der Waals surface area (Å²) in [6.45, 7) is -0.622. The second kappa shape index (κ2) is 18.9. The summed E-state index contributed by atoms with van der Waals surface area (Å²) >= 11 is 5.46. The van der Waals surface area contributed by atoms with Crippen LogP contribution in [0, 0.1) is 0 Å². The second-order valence-electron chi connectivity index (χ2n) is 14.2. The van der Waals surface area contributed by atoms with E-state index in [-0.39, 0.29) is 56.8 Å². The van der Waals surface area contributed by atoms with Gasteiger partial charge in [-0.05, 0) is 67.0 Å². The number of aliphatic hydroxyl groups is 2. The number of thiocarbonyl (C=S) groups is 1. The van der Waals surface area contributed by atoms with Crippen molar-refractivity contribution in [2.45, 2.75) is 50.2 Å². The maximum Gasteiger partial charge on any atom is 0.435 e. The Labute approximate surface area is 357 Å². The Balaban J connectivity index is 0.883. The number of imidazole rings is 1. The number of hydrogen-bond acceptors (Lipinski definition) is 17. The molecule has 326 valence electrons. The Hall–Kier alpha value is -6.10. The molecule has 0 saturated carbocycles. The summed E-state index contributed by atoms with van der Waals surface area (Å²) in [7, 11) is -4.29. The van der Waals surface area contributed by atoms with Crippen molar-refractivity contribution in [1.82, 2.24) is 29.9 Å². The number of amides is 1. The van der Waals surface area contributed by atoms with Gasteiger partial charge in [0.05, 0.1) is 31.6 Å². The van der Waals surface area contributed by atoms with Crippen LogP contribution >= 0.6 is 20.0 Å². The van der Waals surface area contributed by atoms with E-state index in [0.717, 1.165) is 0 Å². The number of fused-ring (bicyclic) bond motifs is 3. The second-order valence-corrected chi connectivity index (χ2v) is 16.3. The molecule has 11 N–H and O–H groups in total. The maximum absolute atomic E-state index is 13.5. The Kier molecular flexibility index (Phi) is 13.4. The molecule has 2 aliphatic heterocycles. The predicted octanol–water partition coefficient (Wildman–Crippen LogP) is 3.07. The van der Waals surface area contributed by atoms with Crippen LogP contribution in [-0.2, 0) is 23.1 Å². The highest BCUT2D eigenvalue weighted by atomic mass is 32.1. The lowest BCUT2D eigenvalue weighted by molar-refractivity contribution is -0.118. The fourth-order valence-electron chi connectivity index (χ4n) is 6.93. The first kappa shape index (κ1) is 44.0. The molecule has 5 atom stereocenters. The SMILES string of the molecule is NCC(=O)NP(=O)(OCCCCCCNC(=S)Nc1ccc(-c2c3ccc(=O)cc-3oc3cc(O)ccc23)c(C(=O)O)c1)OC[C@H]1O[C@@H](n2cnc3c(N)ncnc32)[C@H](O)[C@@H]1O. The van der Waals surface area contributed by atoms with E-state index in [2.05, 4.69) is 30.7 Å². The Morgan fingerprint density at radius 3 is 2.55 bits per heavy atom. The summed E-state index contributed by atoms with van der Waals surface area (Å²) in [4.78, 5) is 48.9. The quantitative estimate of drug-likeness (QED) is 0.0275. The van der Waals surface area contributed by atoms with Gasteiger partial charge in [0.1, 0.15) is 47.2 Å². The number of phenolic OH excluding ortho intramolecular Hbond substituents is 1. The smallest absolute Gasteiger partial charge is 0.435 e. The maximum atomic E-state index is 13.5. The molecule has 1 aliphatic carbocycles. The van der Waals surface area contributed by atoms with Crippen molar-refractivity contribution in [3.8, 4) is 28.2 Å². The molecule has 4 heterocycles. The van der Waals surface area contributed by atoms with Gasteiger partial charge in [0, 0.05) is 40.9 Å². The van der Waals surface area contributed by atoms with Gasteiger partial charge in [-0.15, -0.1) is 0 Å². The fourth-order valence-corrected chi connectivity index (χ4v) is 8.47. The minimum atomic E-state index is -4.29. The van der Waals surface area contributed by atoms with Crippen molar-refractivity contribution in [3.63, 3.8) is 0 Å². The van der Waals surface area contributed by atoms with E-state index in [9.17, 15) is 39.4 Å². The first-order valence-corrected chi connectivity index (χ1v) is 21.2. The molecule has 21 nitrogen and oxygen atoms in total. The number of hydrogen-bond donors (Lipinski definition) is 9. The van der Waals surface area contributed by atoms with Gasteiger partial charge < -0.3 is 51.7 Å². The zero-order valence-electron chi connectivity index (χ0n) is 32.7. The molecule has 2 aromatic carbocycles. The summed E-state index contributed by atoms with van der Waals surface area (Å²) in [6, 6.07) is 13.5. The molecule has 23 heteroatoms. The first-order valence-electron chi connectivity index (χ1n) is 19.2. The van der Waals surface area contributed by atoms with Crippen molar-refractivity contribution < 1.29 is 52.8 Å². The summed E-state index contributed by atoms with van der Waals surface area (Å²) in [6.07, 6.45) is -0.308. The van der Waals surface area contributed by atoms with Crippen molar-refractivity contribution in [2.75, 3.05) is 37.4 Å². The molecule has 0 radical (unpaired) electrons. The van der Waals surface area contributed by atoms with Gasteiger partial charge >= 0.3 is 13.7 Å². The summed E-state index contributed by atoms with van der Waals surface area (Å²) in [5.74, 6) is -1.71. The monoisotopic (exact) mass is 891 g/mol. The third-order valence-corrected chi connectivity index (χ3v) is 11.7. The zero-order valence-corrected chi connectivity index (χ0v) is 34.4. The number of carbonyl (C=O) groups excluding carboxylic acids is 1. The minimum absolute atomic E-state index is 0.0378. The molecule has 1 unspecified atom stereocenters. The number of aromatic hydroxyl groups is 1. The van der Waals surface area contributed by atoms with Gasteiger partial charge in [-0.3, -0.25) is 28.3 Å². The molecule has 62 heavy (non-hydrogen) atoms. The Morgan fingerprint density at radius 2 is 1.76 bits per heavy atom. The van der Waals surface area contributed by atoms with Crippen LogP contribution in [0.1, 0.15) is 42.3 Å². The minimum Gasteiger partial charge on any atom is -0.508 e. The number of phenols is 1. The van der Waals surface area contributed by atoms with Crippen LogP contribution in [0.25, 0.3) is 44.6 Å². The van der Waals surface area contributed by atoms with Crippen LogP contribution in [0.4, 0.5) is 11.5 Å². The van der Waals surface area contributed by atoms with Gasteiger partial charge in [-0.25, -0.2) is 24.3 Å². The number of nitrogen functional groups attached to an aromatic ring is 1. The third-order valence-electron chi connectivity index (χ3n) is 9.93. The van der Waals surface area contributed by atoms with E-state index in [1.54, 1.807) is 24.3 Å². The molecule has 0 spiro atoms. The molecule has 7 rings (SSSR count). The lowest BCUT2D eigenvalue weighted by Crippen LogP contribution is -2.35. The number of rotatable bonds is 17. The van der Waals surface area contributed by atoms with Gasteiger partial charge in [0.15, 0.2) is 28.2 Å². The Morgan fingerprint density at radius 1 is 0.968 bits per heavy atom. The molecule has 1 fully saturated rings. The number of nitrogens with two attached hydrogens (primary N) is 2. The zero-order chi connectivity index (χ0) is 44.1. The summed E-state index contributed by atoms with van der Waals surface area (Å²) in [5, 5.41) is 50.9. The number of ether oxygens (including phenoxy) is 1. The molecule has 3 aliphatic rings. The van der Waals surface area contributed by atoms with E-state index < -0.39 is 57.3 Å². The molecular formula is C39H42N9O12PS. The average molecular weight is 892 g/mol. The molecule has 1 saturated heterocycles. The highest BCUT2D eigenvalue weighted by Gasteiger charge is 2.45. The van der Waals surface area contributed by atoms with Crippen LogP contribution in [0.5, 0.6) is 5.75 Å². The van der Waals surface area contributed by atoms with Gasteiger partial charge in [-0.1, -0.05) is 18.9 Å². The van der Waals surface area contributed by atoms with E-state index in [4.69, 9.17) is 41.9 Å². The Bertz CT molecular complexity index is 2720. The van der Waals surface area contributed by atoms with Crippen LogP contribution in [0.2, 0.25) is 0 Å². The fraction of sp³-hybridized carbons (Fsp3) is 0.308. The lowest BCUT2D eigenvalue weighted by Gasteiger charge is -2.22. The number of aliphatic hydroxyl groups excluding tert-OH is 2. The predicted molar refractivity (Wildman–Crippen MR) is 228 cm³/mol. The number of carboxylic acid groups (broad SMARTS) is 1.